The summed E-state index contributed by atoms with van der Waals surface area (Å²) in [5.41, 5.74) is 0.847. The van der Waals surface area contributed by atoms with Gasteiger partial charge in [0.15, 0.2) is 9.84 Å². The van der Waals surface area contributed by atoms with Gasteiger partial charge in [-0.25, -0.2) is 8.42 Å². The van der Waals surface area contributed by atoms with Crippen LogP contribution in [0.4, 0.5) is 11.4 Å². The van der Waals surface area contributed by atoms with Crippen molar-refractivity contribution in [3.8, 4) is 0 Å². The van der Waals surface area contributed by atoms with Crippen LogP contribution >= 0.6 is 0 Å². The average molecular weight is 374 g/mol. The minimum Gasteiger partial charge on any atom is -0.326 e. The zero-order chi connectivity index (χ0) is 19.5. The number of nitrogens with one attached hydrogen (secondary N) is 2. The van der Waals surface area contributed by atoms with E-state index < -0.39 is 15.3 Å². The zero-order valence-electron chi connectivity index (χ0n) is 15.2. The van der Waals surface area contributed by atoms with Gasteiger partial charge in [-0.15, -0.1) is 0 Å². The Labute approximate surface area is 153 Å². The Morgan fingerprint density at radius 3 is 2.04 bits per heavy atom. The summed E-state index contributed by atoms with van der Waals surface area (Å²) in [4.78, 5) is 24.6. The van der Waals surface area contributed by atoms with E-state index in [1.54, 1.807) is 45.0 Å². The van der Waals surface area contributed by atoms with Crippen LogP contribution in [0.3, 0.4) is 0 Å². The summed E-state index contributed by atoms with van der Waals surface area (Å²) in [6.45, 7) is 5.41. The second kappa shape index (κ2) is 7.29. The van der Waals surface area contributed by atoms with Gasteiger partial charge in [-0.1, -0.05) is 26.8 Å². The van der Waals surface area contributed by atoms with E-state index in [0.29, 0.717) is 16.9 Å². The molecule has 0 saturated heterocycles. The highest BCUT2D eigenvalue weighted by atomic mass is 32.2. The second-order valence-corrected chi connectivity index (χ2v) is 9.05. The van der Waals surface area contributed by atoms with Crippen LogP contribution in [0, 0.1) is 5.41 Å². The Morgan fingerprint density at radius 1 is 0.885 bits per heavy atom. The largest absolute Gasteiger partial charge is 0.326 e. The van der Waals surface area contributed by atoms with Crippen LogP contribution in [0.2, 0.25) is 0 Å². The second-order valence-electron chi connectivity index (χ2n) is 7.04. The molecule has 6 nitrogen and oxygen atoms in total. The van der Waals surface area contributed by atoms with Crippen molar-refractivity contribution in [2.24, 2.45) is 5.41 Å². The van der Waals surface area contributed by atoms with Crippen LogP contribution in [0.5, 0.6) is 0 Å². The van der Waals surface area contributed by atoms with E-state index in [1.807, 2.05) is 0 Å². The van der Waals surface area contributed by atoms with Gasteiger partial charge in [0.1, 0.15) is 0 Å². The molecule has 0 atom stereocenters. The molecule has 0 spiro atoms. The van der Waals surface area contributed by atoms with Crippen molar-refractivity contribution in [2.45, 2.75) is 25.7 Å². The van der Waals surface area contributed by atoms with Crippen molar-refractivity contribution in [2.75, 3.05) is 16.9 Å². The molecule has 0 aliphatic carbocycles. The molecule has 0 saturated carbocycles. The number of sulfone groups is 1. The predicted molar refractivity (Wildman–Crippen MR) is 102 cm³/mol. The van der Waals surface area contributed by atoms with Crippen molar-refractivity contribution in [1.29, 1.82) is 0 Å². The monoisotopic (exact) mass is 374 g/mol. The first kappa shape index (κ1) is 19.7. The van der Waals surface area contributed by atoms with Crippen LogP contribution in [-0.2, 0) is 14.6 Å². The molecule has 2 aromatic rings. The number of rotatable bonds is 4. The Morgan fingerprint density at radius 2 is 1.50 bits per heavy atom. The molecule has 0 aromatic heterocycles. The molecule has 2 aromatic carbocycles. The molecular formula is C19H22N2O4S. The number of hydrogen-bond donors (Lipinski definition) is 2. The number of benzene rings is 2. The highest BCUT2D eigenvalue weighted by Crippen LogP contribution is 2.19. The lowest BCUT2D eigenvalue weighted by Gasteiger charge is -2.18. The van der Waals surface area contributed by atoms with Crippen molar-refractivity contribution in [3.05, 3.63) is 54.1 Å². The van der Waals surface area contributed by atoms with Gasteiger partial charge < -0.3 is 10.6 Å². The third kappa shape index (κ3) is 5.16. The first-order chi connectivity index (χ1) is 12.0. The van der Waals surface area contributed by atoms with Gasteiger partial charge in [-0.2, -0.15) is 0 Å². The van der Waals surface area contributed by atoms with Crippen molar-refractivity contribution in [3.63, 3.8) is 0 Å². The third-order valence-corrected chi connectivity index (χ3v) is 4.73. The summed E-state index contributed by atoms with van der Waals surface area (Å²) < 4.78 is 22.9. The average Bonchev–Trinajstić information content (AvgIpc) is 2.54. The molecule has 2 amide bonds. The highest BCUT2D eigenvalue weighted by molar-refractivity contribution is 7.90. The summed E-state index contributed by atoms with van der Waals surface area (Å²) in [6.07, 6.45) is 1.12. The van der Waals surface area contributed by atoms with Gasteiger partial charge in [0.25, 0.3) is 5.91 Å². The van der Waals surface area contributed by atoms with E-state index in [-0.39, 0.29) is 16.7 Å². The number of hydrogen-bond acceptors (Lipinski definition) is 4. The molecule has 0 aliphatic rings. The topological polar surface area (TPSA) is 92.3 Å². The van der Waals surface area contributed by atoms with Gasteiger partial charge >= 0.3 is 0 Å². The fourth-order valence-electron chi connectivity index (χ4n) is 2.05. The lowest BCUT2D eigenvalue weighted by atomic mass is 9.95. The predicted octanol–water partition coefficient (Wildman–Crippen LogP) is 3.33. The van der Waals surface area contributed by atoms with Crippen LogP contribution in [0.15, 0.2) is 53.4 Å². The summed E-state index contributed by atoms with van der Waals surface area (Å²) in [5, 5.41) is 5.48. The molecule has 26 heavy (non-hydrogen) atoms. The maximum absolute atomic E-state index is 12.4. The molecule has 0 bridgehead atoms. The van der Waals surface area contributed by atoms with Crippen molar-refractivity contribution >= 4 is 33.0 Å². The SMILES string of the molecule is CC(C)(C)C(=O)Nc1cccc(C(=O)Nc2ccc(S(C)(=O)=O)cc2)c1. The first-order valence-electron chi connectivity index (χ1n) is 8.00. The van der Waals surface area contributed by atoms with E-state index in [0.717, 1.165) is 6.26 Å². The molecule has 0 aliphatic heterocycles. The van der Waals surface area contributed by atoms with Crippen LogP contribution in [0.1, 0.15) is 31.1 Å². The van der Waals surface area contributed by atoms with Gasteiger partial charge in [0.2, 0.25) is 5.91 Å². The molecule has 2 rings (SSSR count). The molecule has 0 fully saturated rings. The molecular weight excluding hydrogens is 352 g/mol. The van der Waals surface area contributed by atoms with Gasteiger partial charge in [-0.05, 0) is 42.5 Å². The van der Waals surface area contributed by atoms with Crippen molar-refractivity contribution in [1.82, 2.24) is 0 Å². The van der Waals surface area contributed by atoms with E-state index in [4.69, 9.17) is 0 Å². The Hall–Kier alpha value is -2.67. The Bertz CT molecular complexity index is 927. The van der Waals surface area contributed by atoms with E-state index in [1.165, 1.54) is 24.3 Å². The maximum atomic E-state index is 12.4. The molecule has 0 radical (unpaired) electrons. The van der Waals surface area contributed by atoms with E-state index in [9.17, 15) is 18.0 Å². The first-order valence-corrected chi connectivity index (χ1v) is 9.89. The minimum atomic E-state index is -3.28. The maximum Gasteiger partial charge on any atom is 0.255 e. The van der Waals surface area contributed by atoms with Gasteiger partial charge in [0.05, 0.1) is 4.90 Å². The number of anilines is 2. The molecule has 138 valence electrons. The fraction of sp³-hybridized carbons (Fsp3) is 0.263. The lowest BCUT2D eigenvalue weighted by molar-refractivity contribution is -0.123. The number of carbonyl (C=O) groups excluding carboxylic acids is 2. The van der Waals surface area contributed by atoms with E-state index in [2.05, 4.69) is 10.6 Å². The molecule has 7 heteroatoms. The zero-order valence-corrected chi connectivity index (χ0v) is 16.0. The van der Waals surface area contributed by atoms with Crippen LogP contribution in [0.25, 0.3) is 0 Å². The standard InChI is InChI=1S/C19H22N2O4S/c1-19(2,3)18(23)21-15-7-5-6-13(12-15)17(22)20-14-8-10-16(11-9-14)26(4,24)25/h5-12H,1-4H3,(H,20,22)(H,21,23). The quantitative estimate of drug-likeness (QED) is 0.858. The van der Waals surface area contributed by atoms with Gasteiger partial charge in [0, 0.05) is 28.6 Å². The smallest absolute Gasteiger partial charge is 0.255 e. The molecule has 0 unspecified atom stereocenters. The van der Waals surface area contributed by atoms with Crippen LogP contribution < -0.4 is 10.6 Å². The normalized spacial score (nSPS) is 11.7. The Balaban J connectivity index is 2.13. The van der Waals surface area contributed by atoms with E-state index >= 15 is 0 Å². The van der Waals surface area contributed by atoms with Gasteiger partial charge in [-0.3, -0.25) is 9.59 Å². The molecule has 2 N–H and O–H groups in total. The number of carbonyl (C=O) groups is 2. The summed E-state index contributed by atoms with van der Waals surface area (Å²) in [5.74, 6) is -0.504. The minimum absolute atomic E-state index is 0.147. The molecule has 0 heterocycles. The highest BCUT2D eigenvalue weighted by Gasteiger charge is 2.21. The van der Waals surface area contributed by atoms with Crippen molar-refractivity contribution < 1.29 is 18.0 Å². The lowest BCUT2D eigenvalue weighted by Crippen LogP contribution is -2.27. The number of amides is 2. The Kier molecular flexibility index (Phi) is 5.51. The summed E-state index contributed by atoms with van der Waals surface area (Å²) in [6, 6.07) is 12.5. The third-order valence-electron chi connectivity index (χ3n) is 3.60. The van der Waals surface area contributed by atoms with Crippen LogP contribution in [-0.4, -0.2) is 26.5 Å². The fourth-order valence-corrected chi connectivity index (χ4v) is 2.68. The summed E-state index contributed by atoms with van der Waals surface area (Å²) in [7, 11) is -3.28. The summed E-state index contributed by atoms with van der Waals surface area (Å²) >= 11 is 0.